The highest BCUT2D eigenvalue weighted by molar-refractivity contribution is 15.0. The quantitative estimate of drug-likeness (QED) is 0.230. The number of halogens is 2. The summed E-state index contributed by atoms with van der Waals surface area (Å²) in [6.07, 6.45) is 0. The van der Waals surface area contributed by atoms with E-state index in [0.717, 1.165) is 33.4 Å². The van der Waals surface area contributed by atoms with Gasteiger partial charge in [-0.25, -0.2) is 0 Å². The molecule has 0 fully saturated rings. The van der Waals surface area contributed by atoms with Crippen molar-refractivity contribution in [3.63, 3.8) is 0 Å². The molecule has 0 saturated carbocycles. The summed E-state index contributed by atoms with van der Waals surface area (Å²) in [5, 5.41) is 0. The standard InChI is InChI=1S/C23H23NO.3CH4.I2/c1-16-8-12-19(13-9-16)23(22(24)25,20-14-10-17(2)11-15-20)21-7-5-4-6-18(21)3;;;;1-2/h4-15H,1-3H3,(H2,24,25);3*1H4;. The van der Waals surface area contributed by atoms with E-state index in [1.807, 2.05) is 93.6 Å². The summed E-state index contributed by atoms with van der Waals surface area (Å²) >= 11 is 4.24. The maximum atomic E-state index is 13.0. The SMILES string of the molecule is C.C.C.Cc1ccc(C(C(N)=O)(c2ccc(C)cc2)c2ccccc2C)cc1.II. The number of rotatable bonds is 4. The Balaban J connectivity index is 0. The van der Waals surface area contributed by atoms with Crippen molar-refractivity contribution in [2.75, 3.05) is 0 Å². The molecule has 0 aliphatic heterocycles. The fourth-order valence-electron chi connectivity index (χ4n) is 3.50. The molecule has 0 aliphatic rings. The van der Waals surface area contributed by atoms with E-state index in [0.29, 0.717) is 0 Å². The van der Waals surface area contributed by atoms with Crippen molar-refractivity contribution in [1.29, 1.82) is 0 Å². The van der Waals surface area contributed by atoms with E-state index in [-0.39, 0.29) is 28.2 Å². The maximum absolute atomic E-state index is 13.0. The summed E-state index contributed by atoms with van der Waals surface area (Å²) in [5.74, 6) is -0.366. The fraction of sp³-hybridized carbons (Fsp3) is 0.269. The highest BCUT2D eigenvalue weighted by atomic mass is 128. The van der Waals surface area contributed by atoms with E-state index >= 15 is 0 Å². The molecule has 3 aromatic rings. The fourth-order valence-corrected chi connectivity index (χ4v) is 3.50. The second kappa shape index (κ2) is 13.8. The van der Waals surface area contributed by atoms with Crippen molar-refractivity contribution in [3.8, 4) is 0 Å². The second-order valence-corrected chi connectivity index (χ2v) is 6.66. The first-order chi connectivity index (χ1) is 13.0. The predicted molar refractivity (Wildman–Crippen MR) is 151 cm³/mol. The highest BCUT2D eigenvalue weighted by Crippen LogP contribution is 2.40. The maximum Gasteiger partial charge on any atom is 0.237 e. The van der Waals surface area contributed by atoms with Gasteiger partial charge in [0.15, 0.2) is 0 Å². The highest BCUT2D eigenvalue weighted by Gasteiger charge is 2.43. The number of benzene rings is 3. The number of carbonyl (C=O) groups is 1. The topological polar surface area (TPSA) is 43.1 Å². The molecule has 2 N–H and O–H groups in total. The van der Waals surface area contributed by atoms with Gasteiger partial charge < -0.3 is 5.73 Å². The third-order valence-electron chi connectivity index (χ3n) is 4.89. The van der Waals surface area contributed by atoms with Crippen molar-refractivity contribution in [2.24, 2.45) is 5.73 Å². The van der Waals surface area contributed by atoms with Gasteiger partial charge in [0.05, 0.1) is 0 Å². The van der Waals surface area contributed by atoms with Crippen LogP contribution in [0, 0.1) is 20.8 Å². The minimum absolute atomic E-state index is 0. The first kappa shape index (κ1) is 30.8. The molecule has 30 heavy (non-hydrogen) atoms. The van der Waals surface area contributed by atoms with Crippen molar-refractivity contribution >= 4 is 43.1 Å². The zero-order valence-corrected chi connectivity index (χ0v) is 20.0. The van der Waals surface area contributed by atoms with Gasteiger partial charge in [-0.2, -0.15) is 0 Å². The molecule has 1 amide bonds. The summed E-state index contributed by atoms with van der Waals surface area (Å²) in [6.45, 7) is 6.10. The number of amides is 1. The molecule has 0 unspecified atom stereocenters. The molecule has 164 valence electrons. The minimum atomic E-state index is -1.01. The lowest BCUT2D eigenvalue weighted by Gasteiger charge is -2.34. The Morgan fingerprint density at radius 1 is 0.700 bits per heavy atom. The summed E-state index contributed by atoms with van der Waals surface area (Å²) in [4.78, 5) is 13.0. The van der Waals surface area contributed by atoms with Crippen molar-refractivity contribution in [1.82, 2.24) is 0 Å². The van der Waals surface area contributed by atoms with Crippen LogP contribution in [0.5, 0.6) is 0 Å². The van der Waals surface area contributed by atoms with Crippen LogP contribution in [-0.4, -0.2) is 5.91 Å². The zero-order valence-electron chi connectivity index (χ0n) is 15.7. The third-order valence-corrected chi connectivity index (χ3v) is 4.89. The molecule has 3 aromatic carbocycles. The van der Waals surface area contributed by atoms with Crippen molar-refractivity contribution < 1.29 is 4.79 Å². The molecule has 0 saturated heterocycles. The van der Waals surface area contributed by atoms with Gasteiger partial charge in [0.1, 0.15) is 5.41 Å². The van der Waals surface area contributed by atoms with Crippen molar-refractivity contribution in [3.05, 3.63) is 106 Å². The lowest BCUT2D eigenvalue weighted by molar-refractivity contribution is -0.121. The Morgan fingerprint density at radius 2 is 1.07 bits per heavy atom. The Morgan fingerprint density at radius 3 is 1.40 bits per heavy atom. The largest absolute Gasteiger partial charge is 0.368 e. The third kappa shape index (κ3) is 6.06. The van der Waals surface area contributed by atoms with Crippen LogP contribution in [0.1, 0.15) is 55.7 Å². The Labute approximate surface area is 207 Å². The van der Waals surface area contributed by atoms with Gasteiger partial charge in [-0.05, 0) is 43.0 Å². The molecule has 0 bridgehead atoms. The summed E-state index contributed by atoms with van der Waals surface area (Å²) in [6, 6.07) is 24.1. The lowest BCUT2D eigenvalue weighted by atomic mass is 9.67. The van der Waals surface area contributed by atoms with Crippen LogP contribution in [0.2, 0.25) is 0 Å². The minimum Gasteiger partial charge on any atom is -0.368 e. The first-order valence-corrected chi connectivity index (χ1v) is 14.9. The molecule has 0 heterocycles. The summed E-state index contributed by atoms with van der Waals surface area (Å²) in [5.41, 5.74) is 11.1. The van der Waals surface area contributed by atoms with Gasteiger partial charge in [-0.15, -0.1) is 0 Å². The van der Waals surface area contributed by atoms with Crippen LogP contribution in [0.25, 0.3) is 0 Å². The molecule has 0 aromatic heterocycles. The van der Waals surface area contributed by atoms with Gasteiger partial charge in [0.2, 0.25) is 5.91 Å². The van der Waals surface area contributed by atoms with Gasteiger partial charge in [-0.1, -0.05) is 106 Å². The van der Waals surface area contributed by atoms with Crippen LogP contribution < -0.4 is 5.73 Å². The van der Waals surface area contributed by atoms with Crippen LogP contribution >= 0.6 is 37.2 Å². The van der Waals surface area contributed by atoms with E-state index in [1.54, 1.807) is 0 Å². The normalized spacial score (nSPS) is 9.63. The van der Waals surface area contributed by atoms with Gasteiger partial charge >= 0.3 is 0 Å². The van der Waals surface area contributed by atoms with Gasteiger partial charge in [0.25, 0.3) is 0 Å². The van der Waals surface area contributed by atoms with E-state index in [4.69, 9.17) is 5.73 Å². The second-order valence-electron chi connectivity index (χ2n) is 6.66. The van der Waals surface area contributed by atoms with Crippen LogP contribution in [0.4, 0.5) is 0 Å². The van der Waals surface area contributed by atoms with Gasteiger partial charge in [0, 0.05) is 37.2 Å². The average Bonchev–Trinajstić information content (AvgIpc) is 2.68. The molecule has 3 rings (SSSR count). The molecule has 0 atom stereocenters. The Hall–Kier alpha value is -1.41. The Bertz CT molecular complexity index is 858. The van der Waals surface area contributed by atoms with E-state index in [2.05, 4.69) is 37.2 Å². The molecular formula is C26H35I2NO. The summed E-state index contributed by atoms with van der Waals surface area (Å²) in [7, 11) is 0. The summed E-state index contributed by atoms with van der Waals surface area (Å²) < 4.78 is 0. The predicted octanol–water partition coefficient (Wildman–Crippen LogP) is 8.11. The zero-order chi connectivity index (χ0) is 20.0. The van der Waals surface area contributed by atoms with Crippen LogP contribution in [0.3, 0.4) is 0 Å². The van der Waals surface area contributed by atoms with Crippen LogP contribution in [-0.2, 0) is 10.2 Å². The van der Waals surface area contributed by atoms with E-state index < -0.39 is 5.41 Å². The smallest absolute Gasteiger partial charge is 0.237 e. The van der Waals surface area contributed by atoms with E-state index in [9.17, 15) is 4.79 Å². The molecule has 0 aliphatic carbocycles. The van der Waals surface area contributed by atoms with Gasteiger partial charge in [-0.3, -0.25) is 4.79 Å². The van der Waals surface area contributed by atoms with E-state index in [1.165, 1.54) is 0 Å². The number of hydrogen-bond acceptors (Lipinski definition) is 1. The Kier molecular flexibility index (Phi) is 14.2. The molecule has 2 nitrogen and oxygen atoms in total. The number of carbonyl (C=O) groups excluding carboxylic acids is 1. The molecular weight excluding hydrogens is 596 g/mol. The molecule has 0 radical (unpaired) electrons. The number of nitrogens with two attached hydrogens (primary N) is 1. The monoisotopic (exact) mass is 631 g/mol. The molecule has 0 spiro atoms. The number of aryl methyl sites for hydroxylation is 3. The molecule has 4 heteroatoms. The van der Waals surface area contributed by atoms with Crippen molar-refractivity contribution in [2.45, 2.75) is 48.5 Å². The lowest BCUT2D eigenvalue weighted by Crippen LogP contribution is -2.44. The number of hydrogen-bond donors (Lipinski definition) is 1. The first-order valence-electron chi connectivity index (χ1n) is 8.61. The number of primary amides is 1. The van der Waals surface area contributed by atoms with Crippen LogP contribution in [0.15, 0.2) is 72.8 Å². The average molecular weight is 631 g/mol.